The molecule has 5 nitrogen and oxygen atoms in total. The summed E-state index contributed by atoms with van der Waals surface area (Å²) in [7, 11) is 0. The predicted octanol–water partition coefficient (Wildman–Crippen LogP) is 9.97. The van der Waals surface area contributed by atoms with Gasteiger partial charge in [-0.15, -0.1) is 35.3 Å². The molecular weight excluding hydrogens is 513 g/mol. The Morgan fingerprint density at radius 2 is 1.11 bits per heavy atom. The zero-order valence-corrected chi connectivity index (χ0v) is 24.9. The third-order valence-corrected chi connectivity index (χ3v) is 9.17. The molecule has 0 radical (unpaired) electrons. The molecule has 2 aromatic heterocycles. The van der Waals surface area contributed by atoms with E-state index in [9.17, 15) is 5.21 Å². The van der Waals surface area contributed by atoms with Gasteiger partial charge in [-0.25, -0.2) is 9.97 Å². The lowest BCUT2D eigenvalue weighted by Crippen LogP contribution is -1.98. The summed E-state index contributed by atoms with van der Waals surface area (Å²) in [6, 6.07) is 7.74. The Balaban J connectivity index is 2.32. The maximum atomic E-state index is 13.3. The maximum Gasteiger partial charge on any atom is 0.276 e. The van der Waals surface area contributed by atoms with Crippen LogP contribution in [-0.2, 0) is 0 Å². The highest BCUT2D eigenvalue weighted by atomic mass is 32.2. The number of rotatable bonds is 18. The van der Waals surface area contributed by atoms with Crippen molar-refractivity contribution in [2.24, 2.45) is 5.11 Å². The summed E-state index contributed by atoms with van der Waals surface area (Å²) in [5.41, 5.74) is 1.14. The molecule has 0 aliphatic carbocycles. The highest BCUT2D eigenvalue weighted by molar-refractivity contribution is 8.00. The van der Waals surface area contributed by atoms with Crippen molar-refractivity contribution >= 4 is 58.4 Å². The van der Waals surface area contributed by atoms with Gasteiger partial charge in [0.15, 0.2) is 10.7 Å². The summed E-state index contributed by atoms with van der Waals surface area (Å²) < 4.78 is 0. The lowest BCUT2D eigenvalue weighted by atomic mass is 10.4. The summed E-state index contributed by atoms with van der Waals surface area (Å²) in [5, 5.41) is 21.3. The molecule has 2 aromatic rings. The summed E-state index contributed by atoms with van der Waals surface area (Å²) >= 11 is 6.86. The second-order valence-corrected chi connectivity index (χ2v) is 12.5. The standard InChI is InChI=1S/C26H40N4OS4/c1-5-9-17-32-23-15-13-21(25(27-23)34-19-11-7-3)29-30(31)22-14-16-24(33-18-10-6-2)28-26(22)35-20-12-8-4/h13-16H,5-12,17-20H2,1-4H3. The fourth-order valence-corrected chi connectivity index (χ4v) is 7.02. The third-order valence-electron chi connectivity index (χ3n) is 5.00. The van der Waals surface area contributed by atoms with Crippen LogP contribution < -0.4 is 0 Å². The number of hydrogen-bond donors (Lipinski definition) is 0. The van der Waals surface area contributed by atoms with Gasteiger partial charge in [0.1, 0.15) is 5.03 Å². The van der Waals surface area contributed by atoms with Crippen LogP contribution in [0.5, 0.6) is 0 Å². The minimum Gasteiger partial charge on any atom is -0.594 e. The number of nitrogens with zero attached hydrogens (tertiary/aromatic N) is 4. The molecule has 9 heteroatoms. The van der Waals surface area contributed by atoms with Gasteiger partial charge < -0.3 is 5.21 Å². The highest BCUT2D eigenvalue weighted by Gasteiger charge is 2.18. The van der Waals surface area contributed by atoms with Crippen LogP contribution in [0.4, 0.5) is 11.4 Å². The van der Waals surface area contributed by atoms with Crippen LogP contribution in [0.3, 0.4) is 0 Å². The second-order valence-electron chi connectivity index (χ2n) is 8.13. The Morgan fingerprint density at radius 1 is 0.657 bits per heavy atom. The number of thioether (sulfide) groups is 4. The molecule has 0 aliphatic heterocycles. The molecule has 0 N–H and O–H groups in total. The summed E-state index contributed by atoms with van der Waals surface area (Å²) in [4.78, 5) is 10.4. The molecule has 0 saturated heterocycles. The normalized spacial score (nSPS) is 11.8. The molecular formula is C26H40N4OS4. The molecule has 0 amide bonds. The average molecular weight is 553 g/mol. The first-order valence-electron chi connectivity index (χ1n) is 12.8. The SMILES string of the molecule is CCCCSc1ccc(N=[N+]([O-])c2ccc(SCCCC)nc2SCCCC)c(SCCCC)n1. The minimum atomic E-state index is 0.511. The lowest BCUT2D eigenvalue weighted by molar-refractivity contribution is -0.438. The van der Waals surface area contributed by atoms with Gasteiger partial charge in [0.05, 0.1) is 10.1 Å². The smallest absolute Gasteiger partial charge is 0.276 e. The van der Waals surface area contributed by atoms with Crippen LogP contribution in [0.2, 0.25) is 0 Å². The van der Waals surface area contributed by atoms with E-state index in [2.05, 4.69) is 32.8 Å². The van der Waals surface area contributed by atoms with E-state index in [-0.39, 0.29) is 0 Å². The molecule has 0 aromatic carbocycles. The van der Waals surface area contributed by atoms with E-state index in [1.807, 2.05) is 24.3 Å². The van der Waals surface area contributed by atoms with Crippen molar-refractivity contribution in [3.8, 4) is 0 Å². The highest BCUT2D eigenvalue weighted by Crippen LogP contribution is 2.35. The Labute approximate surface area is 229 Å². The number of unbranched alkanes of at least 4 members (excludes halogenated alkanes) is 4. The second kappa shape index (κ2) is 18.4. The van der Waals surface area contributed by atoms with Crippen LogP contribution in [0.25, 0.3) is 0 Å². The van der Waals surface area contributed by atoms with Gasteiger partial charge in [-0.3, -0.25) is 0 Å². The van der Waals surface area contributed by atoms with E-state index in [1.165, 1.54) is 19.3 Å². The van der Waals surface area contributed by atoms with Gasteiger partial charge >= 0.3 is 0 Å². The van der Waals surface area contributed by atoms with E-state index in [0.29, 0.717) is 11.4 Å². The van der Waals surface area contributed by atoms with Crippen LogP contribution >= 0.6 is 47.0 Å². The third kappa shape index (κ3) is 11.4. The van der Waals surface area contributed by atoms with Crippen molar-refractivity contribution < 1.29 is 4.86 Å². The molecule has 0 fully saturated rings. The van der Waals surface area contributed by atoms with Crippen molar-refractivity contribution in [3.05, 3.63) is 29.5 Å². The molecule has 194 valence electrons. The number of aromatic nitrogens is 2. The predicted molar refractivity (Wildman–Crippen MR) is 156 cm³/mol. The zero-order chi connectivity index (χ0) is 25.3. The summed E-state index contributed by atoms with van der Waals surface area (Å²) in [6.45, 7) is 8.76. The molecule has 2 rings (SSSR count). The fourth-order valence-electron chi connectivity index (χ4n) is 2.85. The van der Waals surface area contributed by atoms with E-state index < -0.39 is 0 Å². The monoisotopic (exact) mass is 552 g/mol. The Bertz CT molecular complexity index is 911. The van der Waals surface area contributed by atoms with Gasteiger partial charge in [-0.1, -0.05) is 65.1 Å². The number of pyridine rings is 2. The van der Waals surface area contributed by atoms with Crippen molar-refractivity contribution in [1.82, 2.24) is 9.97 Å². The first-order chi connectivity index (χ1) is 17.1. The van der Waals surface area contributed by atoms with Crippen LogP contribution in [0.1, 0.15) is 79.1 Å². The van der Waals surface area contributed by atoms with E-state index >= 15 is 0 Å². The van der Waals surface area contributed by atoms with Crippen LogP contribution in [0, 0.1) is 5.21 Å². The molecule has 0 spiro atoms. The zero-order valence-electron chi connectivity index (χ0n) is 21.6. The number of hydrogen-bond acceptors (Lipinski definition) is 8. The molecule has 0 bridgehead atoms. The van der Waals surface area contributed by atoms with Crippen LogP contribution in [0.15, 0.2) is 49.5 Å². The molecule has 0 aliphatic rings. The summed E-state index contributed by atoms with van der Waals surface area (Å²) in [5.74, 6) is 4.01. The first-order valence-corrected chi connectivity index (χ1v) is 16.8. The Morgan fingerprint density at radius 3 is 1.66 bits per heavy atom. The Hall–Kier alpha value is -0.900. The lowest BCUT2D eigenvalue weighted by Gasteiger charge is -2.09. The fraction of sp³-hybridized carbons (Fsp3) is 0.615. The van der Waals surface area contributed by atoms with E-state index in [1.54, 1.807) is 47.0 Å². The van der Waals surface area contributed by atoms with E-state index in [4.69, 9.17) is 9.97 Å². The van der Waals surface area contributed by atoms with Gasteiger partial charge in [0.2, 0.25) is 0 Å². The summed E-state index contributed by atoms with van der Waals surface area (Å²) in [6.07, 6.45) is 9.12. The average Bonchev–Trinajstić information content (AvgIpc) is 2.86. The van der Waals surface area contributed by atoms with Gasteiger partial charge in [0, 0.05) is 11.2 Å². The molecule has 2 heterocycles. The minimum absolute atomic E-state index is 0.511. The van der Waals surface area contributed by atoms with Gasteiger partial charge in [-0.05, 0) is 71.8 Å². The van der Waals surface area contributed by atoms with Crippen molar-refractivity contribution in [3.63, 3.8) is 0 Å². The molecule has 0 saturated carbocycles. The molecule has 0 unspecified atom stereocenters. The number of azo groups is 1. The largest absolute Gasteiger partial charge is 0.594 e. The topological polar surface area (TPSA) is 64.2 Å². The first kappa shape index (κ1) is 30.3. The Kier molecular flexibility index (Phi) is 15.9. The van der Waals surface area contributed by atoms with Crippen molar-refractivity contribution in [2.45, 2.75) is 99.2 Å². The van der Waals surface area contributed by atoms with Crippen LogP contribution in [-0.4, -0.2) is 37.8 Å². The van der Waals surface area contributed by atoms with Gasteiger partial charge in [-0.2, -0.15) is 0 Å². The van der Waals surface area contributed by atoms with Gasteiger partial charge in [0.25, 0.3) is 5.69 Å². The molecule has 0 atom stereocenters. The maximum absolute atomic E-state index is 13.3. The van der Waals surface area contributed by atoms with Crippen molar-refractivity contribution in [2.75, 3.05) is 23.0 Å². The quantitative estimate of drug-likeness (QED) is 0.0599. The van der Waals surface area contributed by atoms with Crippen molar-refractivity contribution in [1.29, 1.82) is 0 Å². The van der Waals surface area contributed by atoms with E-state index in [0.717, 1.165) is 80.1 Å². The molecule has 35 heavy (non-hydrogen) atoms.